The maximum absolute atomic E-state index is 12.9. The summed E-state index contributed by atoms with van der Waals surface area (Å²) in [6.07, 6.45) is -3.09. The molecule has 1 fully saturated rings. The van der Waals surface area contributed by atoms with Gasteiger partial charge in [0.1, 0.15) is 0 Å². The zero-order chi connectivity index (χ0) is 15.3. The number of nitrogens with zero attached hydrogens (tertiary/aromatic N) is 2. The van der Waals surface area contributed by atoms with E-state index in [1.807, 2.05) is 30.3 Å². The van der Waals surface area contributed by atoms with E-state index >= 15 is 0 Å². The van der Waals surface area contributed by atoms with Crippen LogP contribution >= 0.6 is 0 Å². The van der Waals surface area contributed by atoms with E-state index in [0.717, 1.165) is 25.3 Å². The van der Waals surface area contributed by atoms with Crippen LogP contribution in [-0.4, -0.2) is 16.3 Å². The normalized spacial score (nSPS) is 20.0. The van der Waals surface area contributed by atoms with Crippen molar-refractivity contribution >= 4 is 0 Å². The Bertz CT molecular complexity index is 645. The molecule has 2 aromatic rings. The Kier molecular flexibility index (Phi) is 2.88. The number of halogens is 3. The van der Waals surface area contributed by atoms with E-state index in [0.29, 0.717) is 0 Å². The van der Waals surface area contributed by atoms with Crippen LogP contribution in [0.25, 0.3) is 0 Å². The summed E-state index contributed by atoms with van der Waals surface area (Å²) in [5.74, 6) is -0.336. The third-order valence-electron chi connectivity index (χ3n) is 3.96. The molecule has 1 saturated carbocycles. The van der Waals surface area contributed by atoms with Crippen molar-refractivity contribution in [1.82, 2.24) is 10.1 Å². The van der Waals surface area contributed by atoms with Crippen molar-refractivity contribution < 1.29 is 17.7 Å². The van der Waals surface area contributed by atoms with E-state index in [2.05, 4.69) is 10.1 Å². The van der Waals surface area contributed by atoms with Crippen molar-refractivity contribution in [2.75, 3.05) is 0 Å². The van der Waals surface area contributed by atoms with Crippen LogP contribution in [0.4, 0.5) is 13.2 Å². The van der Waals surface area contributed by atoms with E-state index in [1.165, 1.54) is 0 Å². The maximum atomic E-state index is 12.9. The Morgan fingerprint density at radius 1 is 1.19 bits per heavy atom. The Hall–Kier alpha value is -1.89. The van der Waals surface area contributed by atoms with Gasteiger partial charge in [-0.2, -0.15) is 18.2 Å². The van der Waals surface area contributed by atoms with E-state index in [1.54, 1.807) is 0 Å². The molecule has 2 N–H and O–H groups in total. The van der Waals surface area contributed by atoms with Crippen molar-refractivity contribution in [1.29, 1.82) is 0 Å². The molecule has 1 aromatic heterocycles. The molecule has 21 heavy (non-hydrogen) atoms. The minimum Gasteiger partial charge on any atom is -0.337 e. The van der Waals surface area contributed by atoms with Gasteiger partial charge in [0, 0.05) is 0 Å². The minimum absolute atomic E-state index is 0.268. The maximum Gasteiger partial charge on any atom is 0.415 e. The van der Waals surface area contributed by atoms with Crippen molar-refractivity contribution in [3.8, 4) is 0 Å². The molecule has 112 valence electrons. The topological polar surface area (TPSA) is 64.9 Å². The highest BCUT2D eigenvalue weighted by Crippen LogP contribution is 2.52. The first-order valence-corrected chi connectivity index (χ1v) is 6.53. The van der Waals surface area contributed by atoms with Gasteiger partial charge in [0.25, 0.3) is 5.89 Å². The Balaban J connectivity index is 1.97. The quantitative estimate of drug-likeness (QED) is 0.946. The molecule has 0 spiro atoms. The summed E-state index contributed by atoms with van der Waals surface area (Å²) in [6.45, 7) is 0.826. The molecule has 1 aromatic carbocycles. The second-order valence-electron chi connectivity index (χ2n) is 5.57. The van der Waals surface area contributed by atoms with Gasteiger partial charge in [-0.05, 0) is 25.3 Å². The molecule has 0 amide bonds. The van der Waals surface area contributed by atoms with Gasteiger partial charge >= 0.3 is 6.18 Å². The van der Waals surface area contributed by atoms with Crippen LogP contribution in [0.3, 0.4) is 0 Å². The summed E-state index contributed by atoms with van der Waals surface area (Å²) in [7, 11) is 0. The molecule has 1 aliphatic carbocycles. The summed E-state index contributed by atoms with van der Waals surface area (Å²) in [6, 6.07) is 9.45. The molecular formula is C14H14F3N3O. The van der Waals surface area contributed by atoms with Crippen LogP contribution in [0, 0.1) is 0 Å². The predicted octanol–water partition coefficient (Wildman–Crippen LogP) is 2.89. The highest BCUT2D eigenvalue weighted by atomic mass is 19.4. The minimum atomic E-state index is -4.65. The molecule has 1 atom stereocenters. The van der Waals surface area contributed by atoms with Gasteiger partial charge < -0.3 is 10.3 Å². The smallest absolute Gasteiger partial charge is 0.337 e. The molecule has 1 aliphatic rings. The number of benzene rings is 1. The third kappa shape index (κ3) is 2.12. The zero-order valence-electron chi connectivity index (χ0n) is 11.3. The van der Waals surface area contributed by atoms with E-state index in [-0.39, 0.29) is 5.82 Å². The van der Waals surface area contributed by atoms with Gasteiger partial charge in [0.05, 0.1) is 5.41 Å². The van der Waals surface area contributed by atoms with Gasteiger partial charge in [-0.25, -0.2) is 0 Å². The highest BCUT2D eigenvalue weighted by molar-refractivity contribution is 5.38. The van der Waals surface area contributed by atoms with Crippen LogP contribution in [0.15, 0.2) is 34.9 Å². The first kappa shape index (κ1) is 14.1. The van der Waals surface area contributed by atoms with Gasteiger partial charge in [0.15, 0.2) is 11.4 Å². The molecule has 1 unspecified atom stereocenters. The number of aromatic nitrogens is 2. The molecular weight excluding hydrogens is 283 g/mol. The van der Waals surface area contributed by atoms with Crippen molar-refractivity contribution in [2.45, 2.75) is 36.9 Å². The standard InChI is InChI=1S/C14H14F3N3O/c1-12(18,14(15,16)17)11-19-10(20-21-11)13(7-8-13)9-5-3-2-4-6-9/h2-6H,7-8,18H2,1H3. The van der Waals surface area contributed by atoms with Crippen LogP contribution in [0.5, 0.6) is 0 Å². The summed E-state index contributed by atoms with van der Waals surface area (Å²) in [4.78, 5) is 3.94. The molecule has 7 heteroatoms. The Labute approximate surface area is 119 Å². The van der Waals surface area contributed by atoms with Gasteiger partial charge in [-0.3, -0.25) is 0 Å². The number of hydrogen-bond acceptors (Lipinski definition) is 4. The van der Waals surface area contributed by atoms with Crippen LogP contribution in [0.1, 0.15) is 37.0 Å². The third-order valence-corrected chi connectivity index (χ3v) is 3.96. The molecule has 0 saturated heterocycles. The lowest BCUT2D eigenvalue weighted by Gasteiger charge is -2.22. The predicted molar refractivity (Wildman–Crippen MR) is 68.3 cm³/mol. The lowest BCUT2D eigenvalue weighted by atomic mass is 9.95. The van der Waals surface area contributed by atoms with Crippen molar-refractivity contribution in [2.24, 2.45) is 5.73 Å². The SMILES string of the molecule is CC(N)(c1nc(C2(c3ccccc3)CC2)no1)C(F)(F)F. The Morgan fingerprint density at radius 3 is 2.33 bits per heavy atom. The first-order chi connectivity index (χ1) is 9.77. The summed E-state index contributed by atoms with van der Waals surface area (Å²) in [5, 5.41) is 3.74. The molecule has 0 aliphatic heterocycles. The lowest BCUT2D eigenvalue weighted by molar-refractivity contribution is -0.190. The number of hydrogen-bond donors (Lipinski definition) is 1. The zero-order valence-corrected chi connectivity index (χ0v) is 11.3. The summed E-state index contributed by atoms with van der Waals surface area (Å²) in [5.41, 5.74) is 3.20. The fourth-order valence-corrected chi connectivity index (χ4v) is 2.27. The van der Waals surface area contributed by atoms with Crippen molar-refractivity contribution in [3.63, 3.8) is 0 Å². The molecule has 0 radical (unpaired) electrons. The van der Waals surface area contributed by atoms with Crippen LogP contribution in [-0.2, 0) is 11.0 Å². The summed E-state index contributed by atoms with van der Waals surface area (Å²) < 4.78 is 43.5. The van der Waals surface area contributed by atoms with Gasteiger partial charge in [-0.1, -0.05) is 35.5 Å². The van der Waals surface area contributed by atoms with Gasteiger partial charge in [-0.15, -0.1) is 0 Å². The first-order valence-electron chi connectivity index (χ1n) is 6.53. The molecule has 0 bridgehead atoms. The van der Waals surface area contributed by atoms with Crippen molar-refractivity contribution in [3.05, 3.63) is 47.6 Å². The largest absolute Gasteiger partial charge is 0.415 e. The lowest BCUT2D eigenvalue weighted by Crippen LogP contribution is -2.48. The summed E-state index contributed by atoms with van der Waals surface area (Å²) >= 11 is 0. The number of rotatable bonds is 3. The molecule has 4 nitrogen and oxygen atoms in total. The number of nitrogens with two attached hydrogens (primary N) is 1. The monoisotopic (exact) mass is 297 g/mol. The number of alkyl halides is 3. The van der Waals surface area contributed by atoms with E-state index < -0.39 is 23.0 Å². The second kappa shape index (κ2) is 4.30. The second-order valence-corrected chi connectivity index (χ2v) is 5.57. The van der Waals surface area contributed by atoms with Crippen LogP contribution in [0.2, 0.25) is 0 Å². The average Bonchev–Trinajstić information content (AvgIpc) is 3.08. The average molecular weight is 297 g/mol. The molecule has 1 heterocycles. The van der Waals surface area contributed by atoms with Gasteiger partial charge in [0.2, 0.25) is 0 Å². The molecule has 3 rings (SSSR count). The Morgan fingerprint density at radius 2 is 1.81 bits per heavy atom. The highest BCUT2D eigenvalue weighted by Gasteiger charge is 2.56. The van der Waals surface area contributed by atoms with Crippen LogP contribution < -0.4 is 5.73 Å². The fourth-order valence-electron chi connectivity index (χ4n) is 2.27. The fraction of sp³-hybridized carbons (Fsp3) is 0.429. The van der Waals surface area contributed by atoms with E-state index in [4.69, 9.17) is 10.3 Å². The van der Waals surface area contributed by atoms with E-state index in [9.17, 15) is 13.2 Å².